The Labute approximate surface area is 114 Å². The Balaban J connectivity index is 2.09. The zero-order chi connectivity index (χ0) is 13.7. The molecule has 100 valence electrons. The maximum absolute atomic E-state index is 9.53. The molecule has 2 aliphatic rings. The molecule has 0 radical (unpaired) electrons. The zero-order valence-corrected chi connectivity index (χ0v) is 11.7. The normalized spacial score (nSPS) is 22.2. The number of aryl methyl sites for hydroxylation is 2. The highest BCUT2D eigenvalue weighted by Gasteiger charge is 2.64. The molecule has 0 aromatic heterocycles. The van der Waals surface area contributed by atoms with E-state index in [9.17, 15) is 5.26 Å². The van der Waals surface area contributed by atoms with Crippen LogP contribution in [0.5, 0.6) is 5.75 Å². The highest BCUT2D eigenvalue weighted by atomic mass is 16.5. The van der Waals surface area contributed by atoms with Gasteiger partial charge in [0.15, 0.2) is 0 Å². The van der Waals surface area contributed by atoms with Crippen molar-refractivity contribution >= 4 is 0 Å². The van der Waals surface area contributed by atoms with Crippen molar-refractivity contribution in [1.29, 1.82) is 5.26 Å². The van der Waals surface area contributed by atoms with E-state index in [-0.39, 0.29) is 10.8 Å². The summed E-state index contributed by atoms with van der Waals surface area (Å²) in [6.45, 7) is 5.47. The first-order chi connectivity index (χ1) is 9.08. The minimum Gasteiger partial charge on any atom is -0.496 e. The van der Waals surface area contributed by atoms with E-state index < -0.39 is 0 Å². The quantitative estimate of drug-likeness (QED) is 0.836. The van der Waals surface area contributed by atoms with Gasteiger partial charge >= 0.3 is 0 Å². The number of hydrogen-bond donors (Lipinski definition) is 0. The number of hydrogen-bond acceptors (Lipinski definition) is 3. The molecule has 1 aliphatic carbocycles. The number of rotatable bonds is 3. The van der Waals surface area contributed by atoms with Crippen LogP contribution in [0.2, 0.25) is 0 Å². The van der Waals surface area contributed by atoms with Crippen molar-refractivity contribution in [3.05, 3.63) is 28.8 Å². The Morgan fingerprint density at radius 3 is 2.11 bits per heavy atom. The third kappa shape index (κ3) is 1.53. The van der Waals surface area contributed by atoms with Crippen molar-refractivity contribution in [2.45, 2.75) is 32.1 Å². The number of methoxy groups -OCH3 is 1. The molecular formula is C16H19NO2. The summed E-state index contributed by atoms with van der Waals surface area (Å²) >= 11 is 0. The molecule has 3 rings (SSSR count). The van der Waals surface area contributed by atoms with Crippen molar-refractivity contribution in [2.75, 3.05) is 20.3 Å². The van der Waals surface area contributed by atoms with Gasteiger partial charge in [-0.1, -0.05) is 12.1 Å². The third-order valence-corrected chi connectivity index (χ3v) is 4.79. The molecule has 0 N–H and O–H groups in total. The molecule has 0 unspecified atom stereocenters. The number of nitrogens with zero attached hydrogens (tertiary/aromatic N) is 1. The molecule has 1 aliphatic heterocycles. The first-order valence-electron chi connectivity index (χ1n) is 6.73. The van der Waals surface area contributed by atoms with Crippen LogP contribution < -0.4 is 4.74 Å². The van der Waals surface area contributed by atoms with Crippen LogP contribution >= 0.6 is 0 Å². The molecule has 3 heteroatoms. The largest absolute Gasteiger partial charge is 0.496 e. The van der Waals surface area contributed by atoms with Gasteiger partial charge in [0.1, 0.15) is 5.75 Å². The smallest absolute Gasteiger partial charge is 0.124 e. The molecule has 1 heterocycles. The minimum absolute atomic E-state index is 0.0937. The van der Waals surface area contributed by atoms with Gasteiger partial charge in [-0.15, -0.1) is 0 Å². The Bertz CT molecular complexity index is 540. The Hall–Kier alpha value is -1.53. The summed E-state index contributed by atoms with van der Waals surface area (Å²) in [6.07, 6.45) is 1.99. The molecule has 0 atom stereocenters. The van der Waals surface area contributed by atoms with Gasteiger partial charge in [0.05, 0.1) is 37.2 Å². The first kappa shape index (κ1) is 12.5. The second-order valence-corrected chi connectivity index (χ2v) is 5.91. The van der Waals surface area contributed by atoms with Crippen LogP contribution in [0.25, 0.3) is 0 Å². The lowest BCUT2D eigenvalue weighted by Gasteiger charge is -2.46. The topological polar surface area (TPSA) is 42.2 Å². The summed E-state index contributed by atoms with van der Waals surface area (Å²) in [7, 11) is 1.70. The van der Waals surface area contributed by atoms with Crippen molar-refractivity contribution in [2.24, 2.45) is 5.41 Å². The molecule has 3 nitrogen and oxygen atoms in total. The lowest BCUT2D eigenvalue weighted by Crippen LogP contribution is -2.53. The lowest BCUT2D eigenvalue weighted by molar-refractivity contribution is -0.0867. The molecular weight excluding hydrogens is 238 g/mol. The fourth-order valence-corrected chi connectivity index (χ4v) is 3.40. The standard InChI is InChI=1S/C16H19NO2/c1-11-6-13(7-12(2)14(11)18-3)16(9-19-10-16)15(8-17)4-5-15/h6-7H,4-5,9-10H2,1-3H3. The predicted octanol–water partition coefficient (Wildman–Crippen LogP) is 2.88. The van der Waals surface area contributed by atoms with E-state index in [0.29, 0.717) is 13.2 Å². The third-order valence-electron chi connectivity index (χ3n) is 4.79. The van der Waals surface area contributed by atoms with Crippen LogP contribution in [0.1, 0.15) is 29.5 Å². The second-order valence-electron chi connectivity index (χ2n) is 5.91. The van der Waals surface area contributed by atoms with Gasteiger partial charge in [0.25, 0.3) is 0 Å². The van der Waals surface area contributed by atoms with Gasteiger partial charge in [0, 0.05) is 0 Å². The number of nitriles is 1. The van der Waals surface area contributed by atoms with Crippen LogP contribution in [0.4, 0.5) is 0 Å². The Morgan fingerprint density at radius 1 is 1.21 bits per heavy atom. The maximum atomic E-state index is 9.53. The highest BCUT2D eigenvalue weighted by Crippen LogP contribution is 2.62. The SMILES string of the molecule is COc1c(C)cc(C2(C3(C#N)CC3)COC2)cc1C. The van der Waals surface area contributed by atoms with E-state index in [2.05, 4.69) is 32.0 Å². The average molecular weight is 257 g/mol. The molecule has 1 aromatic rings. The molecule has 19 heavy (non-hydrogen) atoms. The molecule has 1 saturated heterocycles. The first-order valence-corrected chi connectivity index (χ1v) is 6.73. The van der Waals surface area contributed by atoms with Crippen LogP contribution in [-0.4, -0.2) is 20.3 Å². The van der Waals surface area contributed by atoms with Crippen molar-refractivity contribution < 1.29 is 9.47 Å². The fraction of sp³-hybridized carbons (Fsp3) is 0.562. The summed E-state index contributed by atoms with van der Waals surface area (Å²) in [5.74, 6) is 0.945. The van der Waals surface area contributed by atoms with E-state index in [1.807, 2.05) is 0 Å². The molecule has 0 bridgehead atoms. The van der Waals surface area contributed by atoms with Crippen LogP contribution in [-0.2, 0) is 10.2 Å². The monoisotopic (exact) mass is 257 g/mol. The summed E-state index contributed by atoms with van der Waals surface area (Å²) in [5.41, 5.74) is 3.23. The van der Waals surface area contributed by atoms with Gasteiger partial charge in [-0.05, 0) is 43.4 Å². The van der Waals surface area contributed by atoms with Crippen molar-refractivity contribution in [3.8, 4) is 11.8 Å². The molecule has 0 spiro atoms. The van der Waals surface area contributed by atoms with E-state index in [1.54, 1.807) is 7.11 Å². The summed E-state index contributed by atoms with van der Waals surface area (Å²) in [4.78, 5) is 0. The van der Waals surface area contributed by atoms with Gasteiger partial charge in [-0.3, -0.25) is 0 Å². The molecule has 1 aromatic carbocycles. The van der Waals surface area contributed by atoms with E-state index in [0.717, 1.165) is 29.7 Å². The Morgan fingerprint density at radius 2 is 1.79 bits per heavy atom. The summed E-state index contributed by atoms with van der Waals surface area (Å²) < 4.78 is 10.9. The zero-order valence-electron chi connectivity index (χ0n) is 11.7. The molecule has 1 saturated carbocycles. The van der Waals surface area contributed by atoms with E-state index >= 15 is 0 Å². The van der Waals surface area contributed by atoms with Crippen molar-refractivity contribution in [1.82, 2.24) is 0 Å². The van der Waals surface area contributed by atoms with Crippen LogP contribution in [0.15, 0.2) is 12.1 Å². The fourth-order valence-electron chi connectivity index (χ4n) is 3.40. The number of benzene rings is 1. The predicted molar refractivity (Wildman–Crippen MR) is 72.2 cm³/mol. The number of ether oxygens (including phenoxy) is 2. The Kier molecular flexibility index (Phi) is 2.62. The van der Waals surface area contributed by atoms with E-state index in [1.165, 1.54) is 5.56 Å². The second kappa shape index (κ2) is 3.98. The molecule has 2 fully saturated rings. The van der Waals surface area contributed by atoms with Gasteiger partial charge < -0.3 is 9.47 Å². The maximum Gasteiger partial charge on any atom is 0.124 e. The van der Waals surface area contributed by atoms with Crippen LogP contribution in [0, 0.1) is 30.6 Å². The minimum atomic E-state index is -0.196. The lowest BCUT2D eigenvalue weighted by atomic mass is 9.66. The molecule has 0 amide bonds. The van der Waals surface area contributed by atoms with E-state index in [4.69, 9.17) is 9.47 Å². The van der Waals surface area contributed by atoms with Gasteiger partial charge in [0.2, 0.25) is 0 Å². The van der Waals surface area contributed by atoms with Crippen molar-refractivity contribution in [3.63, 3.8) is 0 Å². The summed E-state index contributed by atoms with van der Waals surface area (Å²) in [5, 5.41) is 9.53. The van der Waals surface area contributed by atoms with Gasteiger partial charge in [-0.2, -0.15) is 5.26 Å². The summed E-state index contributed by atoms with van der Waals surface area (Å²) in [6, 6.07) is 6.89. The van der Waals surface area contributed by atoms with Crippen LogP contribution in [0.3, 0.4) is 0 Å². The average Bonchev–Trinajstić information content (AvgIpc) is 3.08. The highest BCUT2D eigenvalue weighted by molar-refractivity contribution is 5.49. The van der Waals surface area contributed by atoms with Gasteiger partial charge in [-0.25, -0.2) is 0 Å².